The first-order valence-electron chi connectivity index (χ1n) is 6.05. The van der Waals surface area contributed by atoms with Gasteiger partial charge < -0.3 is 5.11 Å². The van der Waals surface area contributed by atoms with Crippen molar-refractivity contribution in [2.24, 2.45) is 0 Å². The van der Waals surface area contributed by atoms with E-state index in [1.807, 2.05) is 0 Å². The Balaban J connectivity index is 2.93. The van der Waals surface area contributed by atoms with Crippen molar-refractivity contribution in [2.75, 3.05) is 6.54 Å². The van der Waals surface area contributed by atoms with Crippen LogP contribution in [-0.2, 0) is 21.4 Å². The maximum Gasteiger partial charge on any atom is 0.305 e. The maximum absolute atomic E-state index is 12.3. The van der Waals surface area contributed by atoms with Gasteiger partial charge in [0.25, 0.3) is 0 Å². The number of nitrogens with zero attached hydrogens (tertiary/aromatic N) is 3. The monoisotopic (exact) mass is 289 g/mol. The van der Waals surface area contributed by atoms with Crippen LogP contribution in [0.25, 0.3) is 0 Å². The molecule has 0 radical (unpaired) electrons. The third-order valence-electron chi connectivity index (χ3n) is 2.66. The first-order valence-corrected chi connectivity index (χ1v) is 7.49. The molecule has 0 aliphatic heterocycles. The zero-order chi connectivity index (χ0) is 14.6. The molecule has 1 N–H and O–H groups in total. The van der Waals surface area contributed by atoms with E-state index in [1.54, 1.807) is 20.8 Å². The van der Waals surface area contributed by atoms with Crippen molar-refractivity contribution in [1.82, 2.24) is 14.1 Å². The zero-order valence-corrected chi connectivity index (χ0v) is 12.1. The highest BCUT2D eigenvalue weighted by Crippen LogP contribution is 2.17. The van der Waals surface area contributed by atoms with Gasteiger partial charge in [0.2, 0.25) is 10.0 Å². The summed E-state index contributed by atoms with van der Waals surface area (Å²) >= 11 is 0. The number of rotatable bonds is 7. The Bertz CT molecular complexity index is 536. The molecule has 108 valence electrons. The van der Waals surface area contributed by atoms with Gasteiger partial charge in [0.15, 0.2) is 0 Å². The van der Waals surface area contributed by atoms with E-state index in [1.165, 1.54) is 21.4 Å². The Kier molecular flexibility index (Phi) is 5.07. The molecule has 1 rings (SSSR count). The van der Waals surface area contributed by atoms with Crippen molar-refractivity contribution in [3.8, 4) is 0 Å². The second-order valence-electron chi connectivity index (χ2n) is 4.38. The quantitative estimate of drug-likeness (QED) is 0.800. The number of hydrogen-bond acceptors (Lipinski definition) is 4. The van der Waals surface area contributed by atoms with Crippen molar-refractivity contribution in [1.29, 1.82) is 0 Å². The molecule has 0 atom stereocenters. The maximum atomic E-state index is 12.3. The van der Waals surface area contributed by atoms with Gasteiger partial charge in [-0.05, 0) is 13.8 Å². The largest absolute Gasteiger partial charge is 0.481 e. The molecule has 0 saturated heterocycles. The van der Waals surface area contributed by atoms with Gasteiger partial charge in [-0.25, -0.2) is 8.42 Å². The van der Waals surface area contributed by atoms with E-state index in [-0.39, 0.29) is 23.9 Å². The molecule has 0 bridgehead atoms. The molecule has 19 heavy (non-hydrogen) atoms. The third-order valence-corrected chi connectivity index (χ3v) is 4.76. The van der Waals surface area contributed by atoms with Crippen LogP contribution in [0.4, 0.5) is 0 Å². The lowest BCUT2D eigenvalue weighted by Gasteiger charge is -2.23. The average molecular weight is 289 g/mol. The lowest BCUT2D eigenvalue weighted by atomic mass is 10.4. The summed E-state index contributed by atoms with van der Waals surface area (Å²) in [6, 6.07) is -0.141. The zero-order valence-electron chi connectivity index (χ0n) is 11.3. The lowest BCUT2D eigenvalue weighted by molar-refractivity contribution is -0.137. The van der Waals surface area contributed by atoms with Gasteiger partial charge >= 0.3 is 5.97 Å². The van der Waals surface area contributed by atoms with E-state index in [2.05, 4.69) is 5.10 Å². The molecule has 1 aromatic heterocycles. The fraction of sp³-hybridized carbons (Fsp3) is 0.636. The molecule has 0 spiro atoms. The van der Waals surface area contributed by atoms with Crippen molar-refractivity contribution < 1.29 is 18.3 Å². The molecule has 0 saturated carbocycles. The van der Waals surface area contributed by atoms with Crippen LogP contribution in [0.1, 0.15) is 27.2 Å². The Morgan fingerprint density at radius 2 is 2.16 bits per heavy atom. The molecule has 1 heterocycles. The summed E-state index contributed by atoms with van der Waals surface area (Å²) < 4.78 is 27.3. The molecular weight excluding hydrogens is 270 g/mol. The highest BCUT2D eigenvalue weighted by molar-refractivity contribution is 7.89. The van der Waals surface area contributed by atoms with Gasteiger partial charge in [-0.1, -0.05) is 6.92 Å². The summed E-state index contributed by atoms with van der Waals surface area (Å²) in [5.41, 5.74) is 0. The molecular formula is C11H19N3O4S. The molecule has 0 fully saturated rings. The van der Waals surface area contributed by atoms with Gasteiger partial charge in [-0.2, -0.15) is 9.40 Å². The lowest BCUT2D eigenvalue weighted by Crippen LogP contribution is -2.36. The molecule has 0 amide bonds. The van der Waals surface area contributed by atoms with E-state index < -0.39 is 16.0 Å². The molecule has 0 aromatic carbocycles. The Morgan fingerprint density at radius 1 is 1.53 bits per heavy atom. The van der Waals surface area contributed by atoms with Crippen LogP contribution in [0.2, 0.25) is 0 Å². The standard InChI is InChI=1S/C11H19N3O4S/c1-4-14(9(2)3)19(17,18)10-7-12-13(8-10)6-5-11(15)16/h7-9H,4-6H2,1-3H3,(H,15,16). The summed E-state index contributed by atoms with van der Waals surface area (Å²) in [4.78, 5) is 10.5. The van der Waals surface area contributed by atoms with Crippen LogP contribution < -0.4 is 0 Å². The summed E-state index contributed by atoms with van der Waals surface area (Å²) in [6.45, 7) is 5.90. The summed E-state index contributed by atoms with van der Waals surface area (Å²) in [5, 5.41) is 12.5. The Labute approximate surface area is 112 Å². The molecule has 8 heteroatoms. The first kappa shape index (κ1) is 15.6. The van der Waals surface area contributed by atoms with E-state index in [0.717, 1.165) is 0 Å². The number of sulfonamides is 1. The number of aromatic nitrogens is 2. The smallest absolute Gasteiger partial charge is 0.305 e. The number of hydrogen-bond donors (Lipinski definition) is 1. The van der Waals surface area contributed by atoms with Crippen LogP contribution in [0.5, 0.6) is 0 Å². The van der Waals surface area contributed by atoms with Gasteiger partial charge in [0, 0.05) is 18.8 Å². The minimum absolute atomic E-state index is 0.0911. The van der Waals surface area contributed by atoms with Crippen LogP contribution in [0.3, 0.4) is 0 Å². The molecule has 0 aliphatic carbocycles. The topological polar surface area (TPSA) is 92.5 Å². The molecule has 7 nitrogen and oxygen atoms in total. The third kappa shape index (κ3) is 3.77. The van der Waals surface area contributed by atoms with Crippen molar-refractivity contribution in [2.45, 2.75) is 44.7 Å². The van der Waals surface area contributed by atoms with E-state index in [0.29, 0.717) is 6.54 Å². The highest BCUT2D eigenvalue weighted by Gasteiger charge is 2.26. The number of aliphatic carboxylic acids is 1. The van der Waals surface area contributed by atoms with Crippen LogP contribution >= 0.6 is 0 Å². The predicted molar refractivity (Wildman–Crippen MR) is 69.2 cm³/mol. The van der Waals surface area contributed by atoms with E-state index in [4.69, 9.17) is 5.11 Å². The van der Waals surface area contributed by atoms with Gasteiger partial charge in [0.1, 0.15) is 4.90 Å². The summed E-state index contributed by atoms with van der Waals surface area (Å²) in [5.74, 6) is -0.947. The average Bonchev–Trinajstić information content (AvgIpc) is 2.75. The fourth-order valence-corrected chi connectivity index (χ4v) is 3.36. The predicted octanol–water partition coefficient (Wildman–Crippen LogP) is 0.777. The Morgan fingerprint density at radius 3 is 2.63 bits per heavy atom. The van der Waals surface area contributed by atoms with Crippen molar-refractivity contribution in [3.05, 3.63) is 12.4 Å². The second kappa shape index (κ2) is 6.16. The van der Waals surface area contributed by atoms with E-state index >= 15 is 0 Å². The SMILES string of the molecule is CCN(C(C)C)S(=O)(=O)c1cnn(CCC(=O)O)c1. The van der Waals surface area contributed by atoms with Gasteiger partial charge in [0.05, 0.1) is 19.2 Å². The minimum Gasteiger partial charge on any atom is -0.481 e. The fourth-order valence-electron chi connectivity index (χ4n) is 1.76. The molecule has 1 aromatic rings. The first-order chi connectivity index (χ1) is 8.78. The molecule has 0 aliphatic rings. The van der Waals surface area contributed by atoms with Crippen LogP contribution in [0.15, 0.2) is 17.3 Å². The van der Waals surface area contributed by atoms with Gasteiger partial charge in [-0.15, -0.1) is 0 Å². The Hall–Kier alpha value is -1.41. The number of aryl methyl sites for hydroxylation is 1. The van der Waals surface area contributed by atoms with E-state index in [9.17, 15) is 13.2 Å². The summed E-state index contributed by atoms with van der Waals surface area (Å²) in [7, 11) is -3.57. The van der Waals surface area contributed by atoms with Crippen molar-refractivity contribution >= 4 is 16.0 Å². The van der Waals surface area contributed by atoms with Crippen LogP contribution in [-0.4, -0.2) is 46.2 Å². The summed E-state index contributed by atoms with van der Waals surface area (Å²) in [6.07, 6.45) is 2.52. The normalized spacial score (nSPS) is 12.3. The second-order valence-corrected chi connectivity index (χ2v) is 6.28. The van der Waals surface area contributed by atoms with Gasteiger partial charge in [-0.3, -0.25) is 9.48 Å². The molecule has 0 unspecified atom stereocenters. The number of carbonyl (C=O) groups is 1. The van der Waals surface area contributed by atoms with Crippen molar-refractivity contribution in [3.63, 3.8) is 0 Å². The van der Waals surface area contributed by atoms with Crippen LogP contribution in [0, 0.1) is 0 Å². The number of carboxylic acids is 1. The number of carboxylic acid groups (broad SMARTS) is 1. The highest BCUT2D eigenvalue weighted by atomic mass is 32.2. The minimum atomic E-state index is -3.57.